The van der Waals surface area contributed by atoms with Gasteiger partial charge in [0.2, 0.25) is 0 Å². The Morgan fingerprint density at radius 1 is 1.29 bits per heavy atom. The minimum Gasteiger partial charge on any atom is -0.382 e. The average molecular weight is 426 g/mol. The third-order valence-electron chi connectivity index (χ3n) is 2.85. The van der Waals surface area contributed by atoms with Crippen molar-refractivity contribution in [3.8, 4) is 0 Å². The van der Waals surface area contributed by atoms with E-state index >= 15 is 0 Å². The highest BCUT2D eigenvalue weighted by Crippen LogP contribution is 2.16. The maximum atomic E-state index is 5.31. The van der Waals surface area contributed by atoms with Crippen LogP contribution in [0, 0.1) is 13.8 Å². The molecule has 5 nitrogen and oxygen atoms in total. The molecular formula is C14H27IN4OS. The van der Waals surface area contributed by atoms with Gasteiger partial charge in [-0.15, -0.1) is 35.3 Å². The predicted molar refractivity (Wildman–Crippen MR) is 101 cm³/mol. The van der Waals surface area contributed by atoms with Gasteiger partial charge in [0, 0.05) is 31.7 Å². The van der Waals surface area contributed by atoms with Gasteiger partial charge >= 0.3 is 0 Å². The molecule has 0 radical (unpaired) electrons. The summed E-state index contributed by atoms with van der Waals surface area (Å²) in [5, 5.41) is 7.74. The van der Waals surface area contributed by atoms with E-state index in [1.807, 2.05) is 20.8 Å². The normalized spacial score (nSPS) is 11.1. The van der Waals surface area contributed by atoms with E-state index in [1.54, 1.807) is 18.4 Å². The molecule has 2 N–H and O–H groups in total. The largest absolute Gasteiger partial charge is 0.382 e. The molecule has 0 atom stereocenters. The molecule has 1 aromatic rings. The zero-order valence-corrected chi connectivity index (χ0v) is 16.5. The number of rotatable bonds is 8. The van der Waals surface area contributed by atoms with E-state index in [0.717, 1.165) is 55.8 Å². The number of nitrogens with zero attached hydrogens (tertiary/aromatic N) is 2. The lowest BCUT2D eigenvalue weighted by Gasteiger charge is -2.11. The first-order chi connectivity index (χ1) is 9.67. The van der Waals surface area contributed by atoms with Gasteiger partial charge < -0.3 is 15.4 Å². The standard InChI is InChI=1S/C14H26N4OS.HI/c1-5-19-9-7-6-8-16-14(15-4)17-10-13-11(2)18-12(3)20-13;/h5-10H2,1-4H3,(H2,15,16,17);1H. The average Bonchev–Trinajstić information content (AvgIpc) is 2.75. The predicted octanol–water partition coefficient (Wildman–Crippen LogP) is 2.86. The van der Waals surface area contributed by atoms with E-state index in [-0.39, 0.29) is 24.0 Å². The molecule has 0 aliphatic rings. The number of aromatic nitrogens is 1. The number of hydrogen-bond acceptors (Lipinski definition) is 4. The Labute approximate surface area is 149 Å². The Bertz CT molecular complexity index is 423. The Balaban J connectivity index is 0.00000400. The molecule has 0 fully saturated rings. The highest BCUT2D eigenvalue weighted by atomic mass is 127. The minimum absolute atomic E-state index is 0. The highest BCUT2D eigenvalue weighted by Gasteiger charge is 2.05. The summed E-state index contributed by atoms with van der Waals surface area (Å²) in [6.07, 6.45) is 2.16. The molecule has 1 aromatic heterocycles. The molecule has 7 heteroatoms. The van der Waals surface area contributed by atoms with Gasteiger partial charge in [0.25, 0.3) is 0 Å². The van der Waals surface area contributed by atoms with Crippen LogP contribution in [0.4, 0.5) is 0 Å². The maximum absolute atomic E-state index is 5.31. The van der Waals surface area contributed by atoms with Gasteiger partial charge in [0.15, 0.2) is 5.96 Å². The quantitative estimate of drug-likeness (QED) is 0.291. The molecule has 0 bridgehead atoms. The SMILES string of the molecule is CCOCCCCNC(=NC)NCc1sc(C)nc1C.I. The summed E-state index contributed by atoms with van der Waals surface area (Å²) in [6, 6.07) is 0. The van der Waals surface area contributed by atoms with Crippen molar-refractivity contribution < 1.29 is 4.74 Å². The van der Waals surface area contributed by atoms with E-state index in [1.165, 1.54) is 4.88 Å². The van der Waals surface area contributed by atoms with Crippen molar-refractivity contribution in [1.82, 2.24) is 15.6 Å². The van der Waals surface area contributed by atoms with Crippen LogP contribution in [-0.4, -0.2) is 37.7 Å². The van der Waals surface area contributed by atoms with Crippen LogP contribution in [0.15, 0.2) is 4.99 Å². The minimum atomic E-state index is 0. The van der Waals surface area contributed by atoms with E-state index < -0.39 is 0 Å². The monoisotopic (exact) mass is 426 g/mol. The number of nitrogens with one attached hydrogen (secondary N) is 2. The van der Waals surface area contributed by atoms with Crippen molar-refractivity contribution >= 4 is 41.3 Å². The smallest absolute Gasteiger partial charge is 0.191 e. The number of halogens is 1. The van der Waals surface area contributed by atoms with Crippen LogP contribution in [0.1, 0.15) is 35.3 Å². The van der Waals surface area contributed by atoms with Crippen LogP contribution in [0.5, 0.6) is 0 Å². The lowest BCUT2D eigenvalue weighted by atomic mass is 10.3. The third-order valence-corrected chi connectivity index (χ3v) is 3.92. The molecule has 1 heterocycles. The lowest BCUT2D eigenvalue weighted by molar-refractivity contribution is 0.143. The molecule has 1 rings (SSSR count). The number of thiazole rings is 1. The van der Waals surface area contributed by atoms with E-state index in [4.69, 9.17) is 4.74 Å². The molecule has 0 aromatic carbocycles. The fraction of sp³-hybridized carbons (Fsp3) is 0.714. The van der Waals surface area contributed by atoms with Crippen LogP contribution < -0.4 is 10.6 Å². The molecule has 0 aliphatic heterocycles. The van der Waals surface area contributed by atoms with Crippen LogP contribution in [-0.2, 0) is 11.3 Å². The highest BCUT2D eigenvalue weighted by molar-refractivity contribution is 14.0. The van der Waals surface area contributed by atoms with Gasteiger partial charge in [-0.3, -0.25) is 4.99 Å². The molecule has 0 saturated heterocycles. The maximum Gasteiger partial charge on any atom is 0.191 e. The summed E-state index contributed by atoms with van der Waals surface area (Å²) in [4.78, 5) is 9.91. The Hall–Kier alpha value is -0.410. The van der Waals surface area contributed by atoms with Crippen LogP contribution in [0.3, 0.4) is 0 Å². The second-order valence-electron chi connectivity index (χ2n) is 4.50. The van der Waals surface area contributed by atoms with Crippen molar-refractivity contribution in [3.05, 3.63) is 15.6 Å². The Morgan fingerprint density at radius 2 is 2.05 bits per heavy atom. The number of guanidine groups is 1. The Morgan fingerprint density at radius 3 is 2.62 bits per heavy atom. The van der Waals surface area contributed by atoms with Gasteiger partial charge in [-0.05, 0) is 33.6 Å². The van der Waals surface area contributed by atoms with Crippen LogP contribution in [0.25, 0.3) is 0 Å². The second-order valence-corrected chi connectivity index (χ2v) is 5.79. The Kier molecular flexibility index (Phi) is 11.9. The van der Waals surface area contributed by atoms with Gasteiger partial charge in [-0.2, -0.15) is 0 Å². The third kappa shape index (κ3) is 8.57. The topological polar surface area (TPSA) is 58.5 Å². The molecule has 0 amide bonds. The number of hydrogen-bond donors (Lipinski definition) is 2. The molecule has 0 unspecified atom stereocenters. The van der Waals surface area contributed by atoms with Crippen LogP contribution in [0.2, 0.25) is 0 Å². The van der Waals surface area contributed by atoms with Crippen LogP contribution >= 0.6 is 35.3 Å². The number of unbranched alkanes of at least 4 members (excludes halogenated alkanes) is 1. The molecule has 0 spiro atoms. The van der Waals surface area contributed by atoms with Gasteiger partial charge in [0.05, 0.1) is 17.2 Å². The van der Waals surface area contributed by atoms with E-state index in [2.05, 4.69) is 20.6 Å². The number of aryl methyl sites for hydroxylation is 2. The summed E-state index contributed by atoms with van der Waals surface area (Å²) in [5.74, 6) is 0.840. The molecule has 0 aliphatic carbocycles. The summed E-state index contributed by atoms with van der Waals surface area (Å²) in [5.41, 5.74) is 1.10. The first kappa shape index (κ1) is 20.6. The van der Waals surface area contributed by atoms with Crippen molar-refractivity contribution in [2.75, 3.05) is 26.8 Å². The summed E-state index contributed by atoms with van der Waals surface area (Å²) in [7, 11) is 1.79. The van der Waals surface area contributed by atoms with Crippen molar-refractivity contribution in [2.24, 2.45) is 4.99 Å². The van der Waals surface area contributed by atoms with Crippen molar-refractivity contribution in [3.63, 3.8) is 0 Å². The summed E-state index contributed by atoms with van der Waals surface area (Å²) >= 11 is 1.73. The number of ether oxygens (including phenoxy) is 1. The molecular weight excluding hydrogens is 399 g/mol. The molecule has 21 heavy (non-hydrogen) atoms. The first-order valence-corrected chi connectivity index (χ1v) is 7.94. The zero-order valence-electron chi connectivity index (χ0n) is 13.4. The summed E-state index contributed by atoms with van der Waals surface area (Å²) in [6.45, 7) is 9.42. The molecule has 122 valence electrons. The molecule has 0 saturated carbocycles. The van der Waals surface area contributed by atoms with E-state index in [0.29, 0.717) is 0 Å². The second kappa shape index (κ2) is 12.2. The van der Waals surface area contributed by atoms with Gasteiger partial charge in [0.1, 0.15) is 0 Å². The van der Waals surface area contributed by atoms with Crippen molar-refractivity contribution in [2.45, 2.75) is 40.2 Å². The fourth-order valence-corrected chi connectivity index (χ4v) is 2.68. The van der Waals surface area contributed by atoms with Gasteiger partial charge in [-0.25, -0.2) is 4.98 Å². The van der Waals surface area contributed by atoms with E-state index in [9.17, 15) is 0 Å². The number of aliphatic imine (C=N–C) groups is 1. The zero-order chi connectivity index (χ0) is 14.8. The van der Waals surface area contributed by atoms with Crippen molar-refractivity contribution in [1.29, 1.82) is 0 Å². The lowest BCUT2D eigenvalue weighted by Crippen LogP contribution is -2.37. The fourth-order valence-electron chi connectivity index (χ4n) is 1.80. The van der Waals surface area contributed by atoms with Gasteiger partial charge in [-0.1, -0.05) is 0 Å². The first-order valence-electron chi connectivity index (χ1n) is 7.12. The summed E-state index contributed by atoms with van der Waals surface area (Å²) < 4.78 is 5.31.